The summed E-state index contributed by atoms with van der Waals surface area (Å²) >= 11 is 0. The van der Waals surface area contributed by atoms with Gasteiger partial charge in [-0.2, -0.15) is 0 Å². The van der Waals surface area contributed by atoms with Gasteiger partial charge in [-0.1, -0.05) is 78.9 Å². The van der Waals surface area contributed by atoms with E-state index in [1.54, 1.807) is 0 Å². The summed E-state index contributed by atoms with van der Waals surface area (Å²) in [5.41, 5.74) is 3.43. The average molecular weight is 361 g/mol. The number of urea groups is 1. The largest absolute Gasteiger partial charge is 0.378 e. The number of benzene rings is 3. The standard InChI is InChI=1S/C15H16N2O.C8H11N/c18-15(16-11-13-7-3-1-4-8-13)17-12-14-9-5-2-6-10-14;1-9(2)8-6-4-3-5-7-8/h1-10H,11-12H2,(H2,16,17,18);3-7H,1-2H3. The predicted octanol–water partition coefficient (Wildman–Crippen LogP) is 4.44. The summed E-state index contributed by atoms with van der Waals surface area (Å²) in [6, 6.07) is 29.8. The van der Waals surface area contributed by atoms with Crippen LogP contribution >= 0.6 is 0 Å². The van der Waals surface area contributed by atoms with Crippen LogP contribution in [0.1, 0.15) is 11.1 Å². The highest BCUT2D eigenvalue weighted by Crippen LogP contribution is 2.07. The minimum atomic E-state index is -0.150. The Morgan fingerprint density at radius 3 is 1.37 bits per heavy atom. The van der Waals surface area contributed by atoms with Gasteiger partial charge in [0.05, 0.1) is 0 Å². The lowest BCUT2D eigenvalue weighted by atomic mass is 10.2. The van der Waals surface area contributed by atoms with Crippen LogP contribution in [0.3, 0.4) is 0 Å². The van der Waals surface area contributed by atoms with Gasteiger partial charge < -0.3 is 15.5 Å². The molecule has 140 valence electrons. The van der Waals surface area contributed by atoms with Crippen LogP contribution in [0.4, 0.5) is 10.5 Å². The highest BCUT2D eigenvalue weighted by Gasteiger charge is 1.99. The smallest absolute Gasteiger partial charge is 0.315 e. The molecule has 0 fully saturated rings. The first-order valence-electron chi connectivity index (χ1n) is 8.97. The molecule has 3 aromatic rings. The first-order chi connectivity index (χ1) is 13.1. The molecule has 2 amide bonds. The second-order valence-electron chi connectivity index (χ2n) is 6.24. The number of hydrogen-bond donors (Lipinski definition) is 2. The van der Waals surface area contributed by atoms with Gasteiger partial charge in [0.25, 0.3) is 0 Å². The molecule has 4 nitrogen and oxygen atoms in total. The Hall–Kier alpha value is -3.27. The molecule has 0 heterocycles. The van der Waals surface area contributed by atoms with E-state index in [9.17, 15) is 4.79 Å². The minimum absolute atomic E-state index is 0.150. The van der Waals surface area contributed by atoms with Crippen LogP contribution in [0, 0.1) is 0 Å². The van der Waals surface area contributed by atoms with E-state index in [0.29, 0.717) is 13.1 Å². The zero-order valence-corrected chi connectivity index (χ0v) is 15.9. The molecule has 0 saturated carbocycles. The number of carbonyl (C=O) groups excluding carboxylic acids is 1. The summed E-state index contributed by atoms with van der Waals surface area (Å²) in [6.45, 7) is 1.09. The van der Waals surface area contributed by atoms with Gasteiger partial charge in [-0.25, -0.2) is 4.79 Å². The zero-order valence-electron chi connectivity index (χ0n) is 15.9. The Kier molecular flexibility index (Phi) is 8.44. The molecule has 0 aromatic heterocycles. The number of para-hydroxylation sites is 1. The maximum atomic E-state index is 11.6. The van der Waals surface area contributed by atoms with Crippen molar-refractivity contribution < 1.29 is 4.79 Å². The monoisotopic (exact) mass is 361 g/mol. The lowest BCUT2D eigenvalue weighted by Crippen LogP contribution is -2.34. The SMILES string of the molecule is CN(C)c1ccccc1.O=C(NCc1ccccc1)NCc1ccccc1. The number of amides is 2. The van der Waals surface area contributed by atoms with Crippen molar-refractivity contribution >= 4 is 11.7 Å². The summed E-state index contributed by atoms with van der Waals surface area (Å²) in [7, 11) is 4.07. The van der Waals surface area contributed by atoms with E-state index in [2.05, 4.69) is 27.7 Å². The fourth-order valence-electron chi connectivity index (χ4n) is 2.35. The van der Waals surface area contributed by atoms with Crippen LogP contribution in [0.5, 0.6) is 0 Å². The molecule has 0 aliphatic heterocycles. The molecule has 27 heavy (non-hydrogen) atoms. The highest BCUT2D eigenvalue weighted by atomic mass is 16.2. The summed E-state index contributed by atoms with van der Waals surface area (Å²) in [6.07, 6.45) is 0. The van der Waals surface area contributed by atoms with Gasteiger partial charge in [-0.3, -0.25) is 0 Å². The Morgan fingerprint density at radius 2 is 1.04 bits per heavy atom. The zero-order chi connectivity index (χ0) is 19.3. The molecule has 0 unspecified atom stereocenters. The Labute approximate surface area is 161 Å². The van der Waals surface area contributed by atoms with E-state index < -0.39 is 0 Å². The van der Waals surface area contributed by atoms with E-state index in [0.717, 1.165) is 11.1 Å². The third kappa shape index (κ3) is 8.10. The molecule has 0 aliphatic carbocycles. The molecule has 0 radical (unpaired) electrons. The van der Waals surface area contributed by atoms with Gasteiger partial charge in [0.1, 0.15) is 0 Å². The van der Waals surface area contributed by atoms with Crippen molar-refractivity contribution in [3.05, 3.63) is 102 Å². The fourth-order valence-corrected chi connectivity index (χ4v) is 2.35. The lowest BCUT2D eigenvalue weighted by Gasteiger charge is -2.10. The van der Waals surface area contributed by atoms with E-state index in [4.69, 9.17) is 0 Å². The van der Waals surface area contributed by atoms with Crippen LogP contribution in [0.15, 0.2) is 91.0 Å². The Morgan fingerprint density at radius 1 is 0.667 bits per heavy atom. The van der Waals surface area contributed by atoms with E-state index in [1.807, 2.05) is 93.0 Å². The maximum absolute atomic E-state index is 11.6. The molecule has 0 spiro atoms. The van der Waals surface area contributed by atoms with Gasteiger partial charge >= 0.3 is 6.03 Å². The number of anilines is 1. The van der Waals surface area contributed by atoms with Gasteiger partial charge in [0, 0.05) is 32.9 Å². The summed E-state index contributed by atoms with van der Waals surface area (Å²) in [5.74, 6) is 0. The van der Waals surface area contributed by atoms with Crippen molar-refractivity contribution in [3.63, 3.8) is 0 Å². The van der Waals surface area contributed by atoms with E-state index in [-0.39, 0.29) is 6.03 Å². The number of nitrogens with zero attached hydrogens (tertiary/aromatic N) is 1. The lowest BCUT2D eigenvalue weighted by molar-refractivity contribution is 0.240. The second-order valence-corrected chi connectivity index (χ2v) is 6.24. The third-order valence-corrected chi connectivity index (χ3v) is 3.86. The van der Waals surface area contributed by atoms with Gasteiger partial charge in [0.2, 0.25) is 0 Å². The second kappa shape index (κ2) is 11.4. The van der Waals surface area contributed by atoms with Gasteiger partial charge in [-0.05, 0) is 23.3 Å². The van der Waals surface area contributed by atoms with E-state index >= 15 is 0 Å². The van der Waals surface area contributed by atoms with Crippen LogP contribution < -0.4 is 15.5 Å². The molecule has 3 aromatic carbocycles. The molecular weight excluding hydrogens is 334 g/mol. The molecule has 0 saturated heterocycles. The minimum Gasteiger partial charge on any atom is -0.378 e. The summed E-state index contributed by atoms with van der Waals surface area (Å²) < 4.78 is 0. The van der Waals surface area contributed by atoms with Crippen LogP contribution in [0.2, 0.25) is 0 Å². The number of nitrogens with one attached hydrogen (secondary N) is 2. The average Bonchev–Trinajstić information content (AvgIpc) is 2.73. The maximum Gasteiger partial charge on any atom is 0.315 e. The topological polar surface area (TPSA) is 44.4 Å². The first kappa shape index (κ1) is 20.0. The van der Waals surface area contributed by atoms with Gasteiger partial charge in [0.15, 0.2) is 0 Å². The summed E-state index contributed by atoms with van der Waals surface area (Å²) in [4.78, 5) is 13.7. The molecule has 4 heteroatoms. The van der Waals surface area contributed by atoms with Crippen LogP contribution in [0.25, 0.3) is 0 Å². The van der Waals surface area contributed by atoms with Crippen LogP contribution in [-0.4, -0.2) is 20.1 Å². The van der Waals surface area contributed by atoms with Crippen molar-refractivity contribution in [2.75, 3.05) is 19.0 Å². The Bertz CT molecular complexity index is 729. The fraction of sp³-hybridized carbons (Fsp3) is 0.174. The molecule has 0 bridgehead atoms. The predicted molar refractivity (Wildman–Crippen MR) is 113 cm³/mol. The van der Waals surface area contributed by atoms with Crippen LogP contribution in [-0.2, 0) is 13.1 Å². The molecule has 2 N–H and O–H groups in total. The molecule has 3 rings (SSSR count). The van der Waals surface area contributed by atoms with Crippen molar-refractivity contribution in [2.45, 2.75) is 13.1 Å². The molecule has 0 aliphatic rings. The normalized spacial score (nSPS) is 9.56. The summed E-state index contributed by atoms with van der Waals surface area (Å²) in [5, 5.41) is 5.64. The number of carbonyl (C=O) groups is 1. The van der Waals surface area contributed by atoms with Gasteiger partial charge in [-0.15, -0.1) is 0 Å². The first-order valence-corrected chi connectivity index (χ1v) is 8.97. The molecule has 0 atom stereocenters. The van der Waals surface area contributed by atoms with Crippen molar-refractivity contribution in [3.8, 4) is 0 Å². The highest BCUT2D eigenvalue weighted by molar-refractivity contribution is 5.73. The van der Waals surface area contributed by atoms with Crippen molar-refractivity contribution in [1.82, 2.24) is 10.6 Å². The number of hydrogen-bond acceptors (Lipinski definition) is 2. The third-order valence-electron chi connectivity index (χ3n) is 3.86. The van der Waals surface area contributed by atoms with Crippen molar-refractivity contribution in [1.29, 1.82) is 0 Å². The van der Waals surface area contributed by atoms with Crippen molar-refractivity contribution in [2.24, 2.45) is 0 Å². The molecular formula is C23H27N3O. The Balaban J connectivity index is 0.000000244. The quantitative estimate of drug-likeness (QED) is 0.706. The number of rotatable bonds is 5. The van der Waals surface area contributed by atoms with E-state index in [1.165, 1.54) is 5.69 Å².